The fourth-order valence-electron chi connectivity index (χ4n) is 3.08. The van der Waals surface area contributed by atoms with Crippen LogP contribution in [0.5, 0.6) is 0 Å². The summed E-state index contributed by atoms with van der Waals surface area (Å²) in [5.41, 5.74) is 0. The molecule has 0 aromatic rings. The molecule has 0 radical (unpaired) electrons. The van der Waals surface area contributed by atoms with Gasteiger partial charge in [-0.25, -0.2) is 4.79 Å². The van der Waals surface area contributed by atoms with Gasteiger partial charge in [0.1, 0.15) is 0 Å². The quantitative estimate of drug-likeness (QED) is 0.716. The zero-order chi connectivity index (χ0) is 15.9. The molecule has 1 heterocycles. The summed E-state index contributed by atoms with van der Waals surface area (Å²) in [7, 11) is 3.88. The second-order valence-electron chi connectivity index (χ2n) is 6.96. The largest absolute Gasteiger partial charge is 0.390 e. The molecule has 0 aromatic heterocycles. The van der Waals surface area contributed by atoms with Crippen LogP contribution in [0.15, 0.2) is 0 Å². The number of carbonyl (C=O) groups excluding carboxylic acids is 1. The number of hydrogen-bond acceptors (Lipinski definition) is 4. The highest BCUT2D eigenvalue weighted by molar-refractivity contribution is 5.73. The molecular formula is C16H32N4O2. The predicted molar refractivity (Wildman–Crippen MR) is 87.9 cm³/mol. The maximum atomic E-state index is 12.0. The number of likely N-dealkylation sites (N-methyl/N-ethyl adjacent to an activating group) is 2. The minimum Gasteiger partial charge on any atom is -0.390 e. The Bertz CT molecular complexity index is 341. The maximum absolute atomic E-state index is 12.0. The second kappa shape index (κ2) is 8.70. The first-order valence-electron chi connectivity index (χ1n) is 8.62. The Hall–Kier alpha value is -0.850. The van der Waals surface area contributed by atoms with E-state index < -0.39 is 6.10 Å². The zero-order valence-electron chi connectivity index (χ0n) is 14.1. The molecule has 1 atom stereocenters. The molecule has 2 amide bonds. The number of hydrogen-bond donors (Lipinski definition) is 2. The molecule has 1 aliphatic carbocycles. The van der Waals surface area contributed by atoms with Crippen LogP contribution in [0.1, 0.15) is 25.7 Å². The molecule has 2 rings (SSSR count). The molecule has 1 aliphatic heterocycles. The van der Waals surface area contributed by atoms with Crippen molar-refractivity contribution in [1.29, 1.82) is 0 Å². The summed E-state index contributed by atoms with van der Waals surface area (Å²) in [6, 6.07) is -0.0725. The monoisotopic (exact) mass is 312 g/mol. The maximum Gasteiger partial charge on any atom is 0.317 e. The molecule has 1 saturated carbocycles. The lowest BCUT2D eigenvalue weighted by Crippen LogP contribution is -2.49. The van der Waals surface area contributed by atoms with Crippen molar-refractivity contribution in [3.05, 3.63) is 0 Å². The fraction of sp³-hybridized carbons (Fsp3) is 0.938. The van der Waals surface area contributed by atoms with Gasteiger partial charge in [-0.1, -0.05) is 19.3 Å². The number of β-amino-alcohol motifs (C(OH)–C–C–N with tert-alkyl or cyclic N) is 1. The Kier molecular flexibility index (Phi) is 6.92. The van der Waals surface area contributed by atoms with Gasteiger partial charge in [-0.15, -0.1) is 0 Å². The summed E-state index contributed by atoms with van der Waals surface area (Å²) >= 11 is 0. The van der Waals surface area contributed by atoms with Crippen molar-refractivity contribution >= 4 is 6.03 Å². The SMILES string of the molecule is CN1CCN(CC(O)CN(C)C(=O)NCCC2CCC2)CC1. The van der Waals surface area contributed by atoms with Crippen molar-refractivity contribution in [2.75, 3.05) is 59.9 Å². The third-order valence-corrected chi connectivity index (χ3v) is 4.95. The normalized spacial score (nSPS) is 22.1. The van der Waals surface area contributed by atoms with Crippen LogP contribution in [0.4, 0.5) is 4.79 Å². The van der Waals surface area contributed by atoms with E-state index >= 15 is 0 Å². The topological polar surface area (TPSA) is 59.1 Å². The standard InChI is InChI=1S/C16H32N4O2/c1-18-8-10-20(11-9-18)13-15(21)12-19(2)16(22)17-7-6-14-4-3-5-14/h14-15,21H,3-13H2,1-2H3,(H,17,22). The molecule has 2 N–H and O–H groups in total. The summed E-state index contributed by atoms with van der Waals surface area (Å²) in [5.74, 6) is 0.813. The van der Waals surface area contributed by atoms with Crippen molar-refractivity contribution in [2.24, 2.45) is 5.92 Å². The Morgan fingerprint density at radius 1 is 1.32 bits per heavy atom. The average Bonchev–Trinajstić information content (AvgIpc) is 2.43. The van der Waals surface area contributed by atoms with E-state index in [1.807, 2.05) is 0 Å². The molecule has 1 saturated heterocycles. The van der Waals surface area contributed by atoms with Crippen LogP contribution < -0.4 is 5.32 Å². The molecule has 0 spiro atoms. The van der Waals surface area contributed by atoms with Gasteiger partial charge in [0.25, 0.3) is 0 Å². The first-order chi connectivity index (χ1) is 10.5. The van der Waals surface area contributed by atoms with Crippen LogP contribution in [0.2, 0.25) is 0 Å². The lowest BCUT2D eigenvalue weighted by molar-refractivity contribution is 0.0657. The fourth-order valence-corrected chi connectivity index (χ4v) is 3.08. The van der Waals surface area contributed by atoms with Crippen LogP contribution in [0.3, 0.4) is 0 Å². The van der Waals surface area contributed by atoms with Crippen LogP contribution >= 0.6 is 0 Å². The van der Waals surface area contributed by atoms with Crippen LogP contribution in [-0.2, 0) is 0 Å². The summed E-state index contributed by atoms with van der Waals surface area (Å²) in [5, 5.41) is 13.1. The van der Waals surface area contributed by atoms with E-state index in [1.54, 1.807) is 11.9 Å². The Morgan fingerprint density at radius 2 is 2.00 bits per heavy atom. The minimum atomic E-state index is -0.481. The molecule has 6 nitrogen and oxygen atoms in total. The van der Waals surface area contributed by atoms with Gasteiger partial charge in [-0.05, 0) is 19.4 Å². The van der Waals surface area contributed by atoms with Gasteiger partial charge in [0.2, 0.25) is 0 Å². The van der Waals surface area contributed by atoms with Gasteiger partial charge in [0.15, 0.2) is 0 Å². The van der Waals surface area contributed by atoms with Gasteiger partial charge < -0.3 is 20.2 Å². The molecule has 1 unspecified atom stereocenters. The lowest BCUT2D eigenvalue weighted by atomic mass is 9.83. The molecule has 0 bridgehead atoms. The molecule has 2 aliphatic rings. The van der Waals surface area contributed by atoms with Crippen LogP contribution in [0.25, 0.3) is 0 Å². The summed E-state index contributed by atoms with van der Waals surface area (Å²) in [6.07, 6.45) is 4.58. The zero-order valence-corrected chi connectivity index (χ0v) is 14.1. The van der Waals surface area contributed by atoms with E-state index in [1.165, 1.54) is 19.3 Å². The molecule has 6 heteroatoms. The Labute approximate surface area is 134 Å². The van der Waals surface area contributed by atoms with Crippen LogP contribution in [-0.4, -0.2) is 91.8 Å². The highest BCUT2D eigenvalue weighted by atomic mass is 16.3. The Balaban J connectivity index is 1.57. The number of carbonyl (C=O) groups is 1. The lowest BCUT2D eigenvalue weighted by Gasteiger charge is -2.34. The van der Waals surface area contributed by atoms with Crippen molar-refractivity contribution in [3.63, 3.8) is 0 Å². The summed E-state index contributed by atoms with van der Waals surface area (Å²) < 4.78 is 0. The number of piperazine rings is 1. The highest BCUT2D eigenvalue weighted by Crippen LogP contribution is 2.28. The molecule has 0 aromatic carbocycles. The third-order valence-electron chi connectivity index (χ3n) is 4.95. The van der Waals surface area contributed by atoms with E-state index in [0.717, 1.165) is 45.1 Å². The summed E-state index contributed by atoms with van der Waals surface area (Å²) in [4.78, 5) is 18.2. The number of rotatable bonds is 7. The summed E-state index contributed by atoms with van der Waals surface area (Å²) in [6.45, 7) is 5.86. The predicted octanol–water partition coefficient (Wildman–Crippen LogP) is 0.426. The Morgan fingerprint density at radius 3 is 2.59 bits per heavy atom. The van der Waals surface area contributed by atoms with Crippen molar-refractivity contribution in [3.8, 4) is 0 Å². The van der Waals surface area contributed by atoms with Crippen molar-refractivity contribution in [1.82, 2.24) is 20.0 Å². The number of amides is 2. The number of aliphatic hydroxyl groups is 1. The number of urea groups is 1. The van der Waals surface area contributed by atoms with Gasteiger partial charge in [0, 0.05) is 52.9 Å². The van der Waals surface area contributed by atoms with Crippen molar-refractivity contribution in [2.45, 2.75) is 31.8 Å². The first kappa shape index (κ1) is 17.5. The van der Waals surface area contributed by atoms with E-state index in [2.05, 4.69) is 22.2 Å². The molecule has 128 valence electrons. The minimum absolute atomic E-state index is 0.0725. The molecule has 22 heavy (non-hydrogen) atoms. The van der Waals surface area contributed by atoms with Gasteiger partial charge in [-0.3, -0.25) is 4.90 Å². The van der Waals surface area contributed by atoms with Crippen LogP contribution in [0, 0.1) is 5.92 Å². The smallest absolute Gasteiger partial charge is 0.317 e. The van der Waals surface area contributed by atoms with E-state index in [-0.39, 0.29) is 6.03 Å². The van der Waals surface area contributed by atoms with Gasteiger partial charge in [-0.2, -0.15) is 0 Å². The average molecular weight is 312 g/mol. The van der Waals surface area contributed by atoms with Gasteiger partial charge in [0.05, 0.1) is 6.10 Å². The first-order valence-corrected chi connectivity index (χ1v) is 8.62. The molecular weight excluding hydrogens is 280 g/mol. The van der Waals surface area contributed by atoms with E-state index in [9.17, 15) is 9.90 Å². The molecule has 2 fully saturated rings. The number of nitrogens with one attached hydrogen (secondary N) is 1. The van der Waals surface area contributed by atoms with E-state index in [4.69, 9.17) is 0 Å². The van der Waals surface area contributed by atoms with Gasteiger partial charge >= 0.3 is 6.03 Å². The second-order valence-corrected chi connectivity index (χ2v) is 6.96. The highest BCUT2D eigenvalue weighted by Gasteiger charge is 2.20. The van der Waals surface area contributed by atoms with Crippen molar-refractivity contribution < 1.29 is 9.90 Å². The number of nitrogens with zero attached hydrogens (tertiary/aromatic N) is 3. The third kappa shape index (κ3) is 5.74. The van der Waals surface area contributed by atoms with E-state index in [0.29, 0.717) is 13.1 Å². The number of aliphatic hydroxyl groups excluding tert-OH is 1.